The number of aliphatic hydroxyl groups excluding tert-OH is 1. The first-order chi connectivity index (χ1) is 9.75. The van der Waals surface area contributed by atoms with Gasteiger partial charge in [-0.25, -0.2) is 4.79 Å². The molecule has 0 aliphatic carbocycles. The van der Waals surface area contributed by atoms with Crippen molar-refractivity contribution in [3.05, 3.63) is 35.9 Å². The Hall–Kier alpha value is -1.92. The zero-order valence-corrected chi connectivity index (χ0v) is 12.4. The second kappa shape index (κ2) is 7.19. The summed E-state index contributed by atoms with van der Waals surface area (Å²) >= 11 is 0. The maximum Gasteiger partial charge on any atom is 0.331 e. The van der Waals surface area contributed by atoms with Gasteiger partial charge >= 0.3 is 5.97 Å². The van der Waals surface area contributed by atoms with E-state index in [0.29, 0.717) is 0 Å². The van der Waals surface area contributed by atoms with Crippen LogP contribution >= 0.6 is 0 Å². The summed E-state index contributed by atoms with van der Waals surface area (Å²) in [4.78, 5) is 23.6. The molecule has 0 saturated carbocycles. The third-order valence-corrected chi connectivity index (χ3v) is 3.02. The molecule has 1 aromatic carbocycles. The number of carbonyl (C=O) groups excluding carboxylic acids is 2. The van der Waals surface area contributed by atoms with Crippen LogP contribution in [0.25, 0.3) is 0 Å². The number of hydrogen-bond donors (Lipinski definition) is 3. The first-order valence-corrected chi connectivity index (χ1v) is 6.57. The van der Waals surface area contributed by atoms with Crippen LogP contribution in [0.4, 0.5) is 0 Å². The molecule has 1 rings (SSSR count). The number of rotatable bonds is 6. The largest absolute Gasteiger partial charge is 0.467 e. The summed E-state index contributed by atoms with van der Waals surface area (Å²) in [5, 5.41) is 22.2. The number of nitrogens with one attached hydrogen (secondary N) is 1. The lowest BCUT2D eigenvalue weighted by Crippen LogP contribution is -2.57. The number of hydrogen-bond acceptors (Lipinski definition) is 5. The number of esters is 1. The smallest absolute Gasteiger partial charge is 0.331 e. The Morgan fingerprint density at radius 2 is 1.86 bits per heavy atom. The Morgan fingerprint density at radius 1 is 1.29 bits per heavy atom. The zero-order valence-electron chi connectivity index (χ0n) is 12.4. The monoisotopic (exact) mass is 295 g/mol. The number of benzene rings is 1. The summed E-state index contributed by atoms with van der Waals surface area (Å²) in [5.41, 5.74) is -0.782. The summed E-state index contributed by atoms with van der Waals surface area (Å²) in [6.45, 7) is 2.69. The molecule has 21 heavy (non-hydrogen) atoms. The predicted molar refractivity (Wildman–Crippen MR) is 76.4 cm³/mol. The minimum Gasteiger partial charge on any atom is -0.467 e. The van der Waals surface area contributed by atoms with Crippen molar-refractivity contribution in [3.8, 4) is 0 Å². The van der Waals surface area contributed by atoms with E-state index in [1.165, 1.54) is 13.8 Å². The SMILES string of the molecule is COC(=O)[C@@H](NC(=O)Cc1ccccc1)C(O)C(C)(C)O. The molecule has 0 saturated heterocycles. The van der Waals surface area contributed by atoms with Crippen molar-refractivity contribution in [1.29, 1.82) is 0 Å². The Morgan fingerprint density at radius 3 is 2.33 bits per heavy atom. The average molecular weight is 295 g/mol. The van der Waals surface area contributed by atoms with Gasteiger partial charge in [0.25, 0.3) is 0 Å². The Bertz CT molecular complexity index is 481. The molecule has 116 valence electrons. The van der Waals surface area contributed by atoms with E-state index in [2.05, 4.69) is 10.1 Å². The molecule has 6 nitrogen and oxygen atoms in total. The fourth-order valence-corrected chi connectivity index (χ4v) is 1.81. The highest BCUT2D eigenvalue weighted by Gasteiger charge is 2.38. The summed E-state index contributed by atoms with van der Waals surface area (Å²) < 4.78 is 4.55. The van der Waals surface area contributed by atoms with Crippen molar-refractivity contribution < 1.29 is 24.5 Å². The number of ether oxygens (including phenoxy) is 1. The molecule has 6 heteroatoms. The van der Waals surface area contributed by atoms with E-state index in [1.54, 1.807) is 24.3 Å². The molecule has 1 aromatic rings. The van der Waals surface area contributed by atoms with Crippen molar-refractivity contribution in [2.75, 3.05) is 7.11 Å². The van der Waals surface area contributed by atoms with Gasteiger partial charge in [-0.05, 0) is 19.4 Å². The minimum absolute atomic E-state index is 0.0624. The van der Waals surface area contributed by atoms with Gasteiger partial charge in [0.15, 0.2) is 6.04 Å². The second-order valence-corrected chi connectivity index (χ2v) is 5.33. The van der Waals surface area contributed by atoms with E-state index < -0.39 is 29.6 Å². The molecule has 2 atom stereocenters. The quantitative estimate of drug-likeness (QED) is 0.643. The molecule has 1 unspecified atom stereocenters. The van der Waals surface area contributed by atoms with Crippen molar-refractivity contribution >= 4 is 11.9 Å². The molecule has 0 aliphatic rings. The summed E-state index contributed by atoms with van der Waals surface area (Å²) in [7, 11) is 1.15. The molecule has 0 radical (unpaired) electrons. The van der Waals surface area contributed by atoms with Gasteiger partial charge < -0.3 is 20.3 Å². The molecule has 0 bridgehead atoms. The Balaban J connectivity index is 2.77. The fraction of sp³-hybridized carbons (Fsp3) is 0.467. The molecule has 0 aliphatic heterocycles. The molecular formula is C15H21NO5. The maximum absolute atomic E-state index is 12.0. The molecule has 0 fully saturated rings. The number of amides is 1. The van der Waals surface area contributed by atoms with Gasteiger partial charge in [0.2, 0.25) is 5.91 Å². The molecule has 0 spiro atoms. The van der Waals surface area contributed by atoms with Crippen molar-refractivity contribution in [3.63, 3.8) is 0 Å². The van der Waals surface area contributed by atoms with Crippen LogP contribution in [0, 0.1) is 0 Å². The average Bonchev–Trinajstić information content (AvgIpc) is 2.43. The molecule has 0 heterocycles. The highest BCUT2D eigenvalue weighted by atomic mass is 16.5. The lowest BCUT2D eigenvalue weighted by molar-refractivity contribution is -0.154. The van der Waals surface area contributed by atoms with Gasteiger partial charge in [-0.2, -0.15) is 0 Å². The van der Waals surface area contributed by atoms with Crippen molar-refractivity contribution in [1.82, 2.24) is 5.32 Å². The Labute approximate surface area is 123 Å². The van der Waals surface area contributed by atoms with Gasteiger partial charge in [0, 0.05) is 0 Å². The van der Waals surface area contributed by atoms with E-state index in [9.17, 15) is 19.8 Å². The number of aliphatic hydroxyl groups is 2. The van der Waals surface area contributed by atoms with Crippen LogP contribution in [-0.2, 0) is 20.7 Å². The fourth-order valence-electron chi connectivity index (χ4n) is 1.81. The molecular weight excluding hydrogens is 274 g/mol. The summed E-state index contributed by atoms with van der Waals surface area (Å²) in [5.74, 6) is -1.26. The third kappa shape index (κ3) is 5.17. The van der Waals surface area contributed by atoms with Crippen molar-refractivity contribution in [2.45, 2.75) is 38.0 Å². The number of methoxy groups -OCH3 is 1. The summed E-state index contributed by atoms with van der Waals surface area (Å²) in [6.07, 6.45) is -1.42. The topological polar surface area (TPSA) is 95.9 Å². The van der Waals surface area contributed by atoms with E-state index in [-0.39, 0.29) is 6.42 Å². The van der Waals surface area contributed by atoms with Crippen LogP contribution in [0.5, 0.6) is 0 Å². The highest BCUT2D eigenvalue weighted by Crippen LogP contribution is 2.13. The van der Waals surface area contributed by atoms with Crippen LogP contribution < -0.4 is 5.32 Å². The lowest BCUT2D eigenvalue weighted by atomic mass is 9.95. The minimum atomic E-state index is -1.56. The van der Waals surface area contributed by atoms with Gasteiger partial charge in [0.05, 0.1) is 19.1 Å². The Kier molecular flexibility index (Phi) is 5.87. The first kappa shape index (κ1) is 17.1. The van der Waals surface area contributed by atoms with Crippen LogP contribution in [-0.4, -0.2) is 46.9 Å². The normalized spacial score (nSPS) is 14.1. The highest BCUT2D eigenvalue weighted by molar-refractivity contribution is 5.86. The summed E-state index contributed by atoms with van der Waals surface area (Å²) in [6, 6.07) is 7.65. The lowest BCUT2D eigenvalue weighted by Gasteiger charge is -2.30. The van der Waals surface area contributed by atoms with Crippen molar-refractivity contribution in [2.24, 2.45) is 0 Å². The van der Waals surface area contributed by atoms with Gasteiger partial charge in [-0.15, -0.1) is 0 Å². The number of carbonyl (C=O) groups is 2. The zero-order chi connectivity index (χ0) is 16.0. The van der Waals surface area contributed by atoms with Crippen LogP contribution in [0.3, 0.4) is 0 Å². The van der Waals surface area contributed by atoms with E-state index in [0.717, 1.165) is 12.7 Å². The van der Waals surface area contributed by atoms with Gasteiger partial charge in [0.1, 0.15) is 6.10 Å². The molecule has 1 amide bonds. The maximum atomic E-state index is 12.0. The predicted octanol–water partition coefficient (Wildman–Crippen LogP) is 0.0187. The van der Waals surface area contributed by atoms with E-state index in [4.69, 9.17) is 0 Å². The third-order valence-electron chi connectivity index (χ3n) is 3.02. The van der Waals surface area contributed by atoms with Crippen LogP contribution in [0.2, 0.25) is 0 Å². The van der Waals surface area contributed by atoms with E-state index >= 15 is 0 Å². The molecule has 3 N–H and O–H groups in total. The molecule has 0 aromatic heterocycles. The standard InChI is InChI=1S/C15H21NO5/c1-15(2,20)13(18)12(14(19)21-3)16-11(17)9-10-7-5-4-6-8-10/h4-8,12-13,18,20H,9H2,1-3H3,(H,16,17)/t12-,13?/m0/s1. The van der Waals surface area contributed by atoms with Gasteiger partial charge in [-0.3, -0.25) is 4.79 Å². The van der Waals surface area contributed by atoms with Crippen LogP contribution in [0.1, 0.15) is 19.4 Å². The van der Waals surface area contributed by atoms with E-state index in [1.807, 2.05) is 6.07 Å². The van der Waals surface area contributed by atoms with Gasteiger partial charge in [-0.1, -0.05) is 30.3 Å². The second-order valence-electron chi connectivity index (χ2n) is 5.33. The first-order valence-electron chi connectivity index (χ1n) is 6.57. The van der Waals surface area contributed by atoms with Crippen LogP contribution in [0.15, 0.2) is 30.3 Å².